The van der Waals surface area contributed by atoms with Gasteiger partial charge in [-0.1, -0.05) is 0 Å². The molecule has 18 heavy (non-hydrogen) atoms. The summed E-state index contributed by atoms with van der Waals surface area (Å²) in [6.45, 7) is 1.18. The van der Waals surface area contributed by atoms with Gasteiger partial charge in [0.25, 0.3) is 0 Å². The summed E-state index contributed by atoms with van der Waals surface area (Å²) in [6, 6.07) is 3.71. The third-order valence-electron chi connectivity index (χ3n) is 2.71. The number of rotatable bonds is 3. The maximum atomic E-state index is 11.5. The van der Waals surface area contributed by atoms with Crippen molar-refractivity contribution in [2.45, 2.75) is 18.9 Å². The summed E-state index contributed by atoms with van der Waals surface area (Å²) in [5, 5.41) is 8.49. The maximum Gasteiger partial charge on any atom is 0.236 e. The van der Waals surface area contributed by atoms with Gasteiger partial charge in [-0.05, 0) is 22.0 Å². The van der Waals surface area contributed by atoms with Crippen LogP contribution in [0.2, 0.25) is 0 Å². The van der Waals surface area contributed by atoms with Crippen LogP contribution in [0.1, 0.15) is 12.8 Å². The normalized spacial score (nSPS) is 18.4. The molecule has 1 aliphatic rings. The van der Waals surface area contributed by atoms with Crippen molar-refractivity contribution in [3.8, 4) is 11.8 Å². The van der Waals surface area contributed by atoms with Crippen LogP contribution < -0.4 is 4.74 Å². The molecule has 0 aliphatic carbocycles. The first-order valence-electron chi connectivity index (χ1n) is 5.61. The number of likely N-dealkylation sites (tertiary alicyclic amines) is 1. The molecule has 0 radical (unpaired) electrons. The van der Waals surface area contributed by atoms with Crippen LogP contribution in [0.4, 0.5) is 0 Å². The molecule has 6 heteroatoms. The summed E-state index contributed by atoms with van der Waals surface area (Å²) in [7, 11) is 0. The zero-order chi connectivity index (χ0) is 13.0. The lowest BCUT2D eigenvalue weighted by molar-refractivity contribution is -0.129. The lowest BCUT2D eigenvalue weighted by atomic mass is 10.3. The van der Waals surface area contributed by atoms with Crippen LogP contribution in [-0.2, 0) is 4.79 Å². The van der Waals surface area contributed by atoms with Crippen molar-refractivity contribution >= 4 is 21.8 Å². The fraction of sp³-hybridized carbons (Fsp3) is 0.417. The number of halogens is 1. The van der Waals surface area contributed by atoms with E-state index in [2.05, 4.69) is 20.9 Å². The molecule has 0 aromatic carbocycles. The summed E-state index contributed by atoms with van der Waals surface area (Å²) >= 11 is 3.32. The molecule has 1 aromatic rings. The average Bonchev–Trinajstić information content (AvgIpc) is 2.78. The second-order valence-electron chi connectivity index (χ2n) is 4.04. The highest BCUT2D eigenvalue weighted by Crippen LogP contribution is 2.21. The van der Waals surface area contributed by atoms with E-state index in [9.17, 15) is 4.79 Å². The van der Waals surface area contributed by atoms with E-state index in [4.69, 9.17) is 10.00 Å². The number of amides is 1. The first kappa shape index (κ1) is 12.8. The molecule has 1 aliphatic heterocycles. The van der Waals surface area contributed by atoms with E-state index in [1.54, 1.807) is 17.3 Å². The molecular formula is C12H12BrN3O2. The lowest BCUT2D eigenvalue weighted by Crippen LogP contribution is -2.30. The number of nitriles is 1. The standard InChI is InChI=1S/C12H12BrN3O2/c13-9-5-11(7-15-6-9)18-10-2-4-16(8-10)12(17)1-3-14/h5-7,10H,1-2,4,8H2/t10-/m0/s1. The van der Waals surface area contributed by atoms with Crippen LogP contribution >= 0.6 is 15.9 Å². The minimum Gasteiger partial charge on any atom is -0.487 e. The summed E-state index contributed by atoms with van der Waals surface area (Å²) in [4.78, 5) is 17.2. The van der Waals surface area contributed by atoms with Gasteiger partial charge >= 0.3 is 0 Å². The Bertz CT molecular complexity index is 486. The molecule has 1 atom stereocenters. The second kappa shape index (κ2) is 5.83. The molecular weight excluding hydrogens is 298 g/mol. The summed E-state index contributed by atoms with van der Waals surface area (Å²) in [5.41, 5.74) is 0. The number of ether oxygens (including phenoxy) is 1. The van der Waals surface area contributed by atoms with E-state index in [0.29, 0.717) is 18.8 Å². The predicted octanol–water partition coefficient (Wildman–Crippen LogP) is 1.74. The number of carbonyl (C=O) groups excluding carboxylic acids is 1. The van der Waals surface area contributed by atoms with Gasteiger partial charge in [0, 0.05) is 23.6 Å². The van der Waals surface area contributed by atoms with Crippen molar-refractivity contribution in [2.24, 2.45) is 0 Å². The summed E-state index contributed by atoms with van der Waals surface area (Å²) in [6.07, 6.45) is 4.02. The molecule has 2 heterocycles. The Hall–Kier alpha value is -1.61. The number of aromatic nitrogens is 1. The largest absolute Gasteiger partial charge is 0.487 e. The van der Waals surface area contributed by atoms with E-state index in [1.165, 1.54) is 0 Å². The van der Waals surface area contributed by atoms with Crippen LogP contribution in [0.15, 0.2) is 22.9 Å². The average molecular weight is 310 g/mol. The number of hydrogen-bond donors (Lipinski definition) is 0. The van der Waals surface area contributed by atoms with Crippen molar-refractivity contribution in [3.05, 3.63) is 22.9 Å². The van der Waals surface area contributed by atoms with Crippen molar-refractivity contribution < 1.29 is 9.53 Å². The molecule has 1 fully saturated rings. The molecule has 0 unspecified atom stereocenters. The minimum atomic E-state index is -0.129. The molecule has 0 spiro atoms. The van der Waals surface area contributed by atoms with Crippen LogP contribution in [0, 0.1) is 11.3 Å². The van der Waals surface area contributed by atoms with E-state index in [0.717, 1.165) is 10.9 Å². The quantitative estimate of drug-likeness (QED) is 0.853. The van der Waals surface area contributed by atoms with Gasteiger partial charge in [0.1, 0.15) is 18.3 Å². The van der Waals surface area contributed by atoms with Crippen molar-refractivity contribution in [1.82, 2.24) is 9.88 Å². The first-order chi connectivity index (χ1) is 8.69. The zero-order valence-electron chi connectivity index (χ0n) is 9.67. The first-order valence-corrected chi connectivity index (χ1v) is 6.40. The third-order valence-corrected chi connectivity index (χ3v) is 3.14. The molecule has 0 N–H and O–H groups in total. The number of carbonyl (C=O) groups is 1. The van der Waals surface area contributed by atoms with Crippen LogP contribution in [0.25, 0.3) is 0 Å². The fourth-order valence-electron chi connectivity index (χ4n) is 1.88. The molecule has 94 valence electrons. The Morgan fingerprint density at radius 1 is 1.67 bits per heavy atom. The van der Waals surface area contributed by atoms with Gasteiger partial charge in [0.05, 0.1) is 18.8 Å². The zero-order valence-corrected chi connectivity index (χ0v) is 11.3. The predicted molar refractivity (Wildman–Crippen MR) is 67.8 cm³/mol. The molecule has 1 amide bonds. The van der Waals surface area contributed by atoms with Gasteiger partial charge < -0.3 is 9.64 Å². The van der Waals surface area contributed by atoms with Gasteiger partial charge in [-0.25, -0.2) is 0 Å². The Kier molecular flexibility index (Phi) is 4.15. The fourth-order valence-corrected chi connectivity index (χ4v) is 2.22. The van der Waals surface area contributed by atoms with E-state index >= 15 is 0 Å². The Morgan fingerprint density at radius 3 is 3.22 bits per heavy atom. The number of hydrogen-bond acceptors (Lipinski definition) is 4. The topological polar surface area (TPSA) is 66.2 Å². The van der Waals surface area contributed by atoms with Crippen molar-refractivity contribution in [2.75, 3.05) is 13.1 Å². The molecule has 5 nitrogen and oxygen atoms in total. The molecule has 1 saturated heterocycles. The van der Waals surface area contributed by atoms with Gasteiger partial charge in [-0.2, -0.15) is 5.26 Å². The third kappa shape index (κ3) is 3.20. The van der Waals surface area contributed by atoms with Crippen LogP contribution in [-0.4, -0.2) is 35.0 Å². The Balaban J connectivity index is 1.90. The summed E-state index contributed by atoms with van der Waals surface area (Å²) in [5.74, 6) is 0.555. The molecule has 0 saturated carbocycles. The Labute approximate surface area is 113 Å². The van der Waals surface area contributed by atoms with Gasteiger partial charge in [0.15, 0.2) is 0 Å². The van der Waals surface area contributed by atoms with Gasteiger partial charge in [0.2, 0.25) is 5.91 Å². The lowest BCUT2D eigenvalue weighted by Gasteiger charge is -2.16. The van der Waals surface area contributed by atoms with E-state index in [-0.39, 0.29) is 18.4 Å². The number of nitrogens with zero attached hydrogens (tertiary/aromatic N) is 3. The van der Waals surface area contributed by atoms with Crippen LogP contribution in [0.5, 0.6) is 5.75 Å². The van der Waals surface area contributed by atoms with E-state index in [1.807, 2.05) is 12.1 Å². The summed E-state index contributed by atoms with van der Waals surface area (Å²) < 4.78 is 6.60. The molecule has 0 bridgehead atoms. The monoisotopic (exact) mass is 309 g/mol. The van der Waals surface area contributed by atoms with Gasteiger partial charge in [-0.3, -0.25) is 9.78 Å². The minimum absolute atomic E-state index is 0.0243. The highest BCUT2D eigenvalue weighted by Gasteiger charge is 2.27. The van der Waals surface area contributed by atoms with E-state index < -0.39 is 0 Å². The van der Waals surface area contributed by atoms with Gasteiger partial charge in [-0.15, -0.1) is 0 Å². The Morgan fingerprint density at radius 2 is 2.50 bits per heavy atom. The maximum absolute atomic E-state index is 11.5. The highest BCUT2D eigenvalue weighted by atomic mass is 79.9. The SMILES string of the molecule is N#CCC(=O)N1CC[C@H](Oc2cncc(Br)c2)C1. The van der Waals surface area contributed by atoms with Crippen LogP contribution in [0.3, 0.4) is 0 Å². The highest BCUT2D eigenvalue weighted by molar-refractivity contribution is 9.10. The smallest absolute Gasteiger partial charge is 0.236 e. The molecule has 2 rings (SSSR count). The van der Waals surface area contributed by atoms with Crippen molar-refractivity contribution in [3.63, 3.8) is 0 Å². The van der Waals surface area contributed by atoms with Crippen molar-refractivity contribution in [1.29, 1.82) is 5.26 Å². The second-order valence-corrected chi connectivity index (χ2v) is 4.96. The molecule has 1 aromatic heterocycles. The number of pyridine rings is 1.